The van der Waals surface area contributed by atoms with E-state index in [9.17, 15) is 13.2 Å². The summed E-state index contributed by atoms with van der Waals surface area (Å²) in [6, 6.07) is 14.5. The molecular weight excluding hydrogens is 406 g/mol. The number of anilines is 2. The van der Waals surface area contributed by atoms with Gasteiger partial charge in [-0.3, -0.25) is 9.10 Å². The Bertz CT molecular complexity index is 988. The van der Waals surface area contributed by atoms with Crippen LogP contribution in [0.15, 0.2) is 48.5 Å². The highest BCUT2D eigenvalue weighted by Crippen LogP contribution is 2.30. The first-order valence-corrected chi connectivity index (χ1v) is 11.5. The molecule has 9 heteroatoms. The van der Waals surface area contributed by atoms with Crippen molar-refractivity contribution < 1.29 is 22.7 Å². The molecule has 0 radical (unpaired) electrons. The molecule has 0 atom stereocenters. The summed E-state index contributed by atoms with van der Waals surface area (Å²) in [6.07, 6.45) is 1.09. The van der Waals surface area contributed by atoms with E-state index in [1.807, 2.05) is 24.3 Å². The molecule has 0 unspecified atom stereocenters. The summed E-state index contributed by atoms with van der Waals surface area (Å²) < 4.78 is 36.6. The fraction of sp³-hybridized carbons (Fsp3) is 0.381. The summed E-state index contributed by atoms with van der Waals surface area (Å²) in [7, 11) is -0.563. The highest BCUT2D eigenvalue weighted by atomic mass is 32.2. The summed E-state index contributed by atoms with van der Waals surface area (Å²) >= 11 is 0. The summed E-state index contributed by atoms with van der Waals surface area (Å²) in [5.74, 6) is 0.944. The largest absolute Gasteiger partial charge is 0.495 e. The van der Waals surface area contributed by atoms with Gasteiger partial charge in [-0.2, -0.15) is 0 Å². The number of methoxy groups -OCH3 is 2. The van der Waals surface area contributed by atoms with Crippen molar-refractivity contribution in [3.63, 3.8) is 0 Å². The lowest BCUT2D eigenvalue weighted by Gasteiger charge is -2.37. The van der Waals surface area contributed by atoms with E-state index in [0.717, 1.165) is 22.0 Å². The van der Waals surface area contributed by atoms with Gasteiger partial charge >= 0.3 is 0 Å². The van der Waals surface area contributed by atoms with Crippen molar-refractivity contribution in [1.29, 1.82) is 0 Å². The number of sulfonamides is 1. The summed E-state index contributed by atoms with van der Waals surface area (Å²) in [5.41, 5.74) is 1.34. The molecule has 1 saturated heterocycles. The van der Waals surface area contributed by atoms with Crippen LogP contribution >= 0.6 is 0 Å². The van der Waals surface area contributed by atoms with Crippen LogP contribution in [0.25, 0.3) is 0 Å². The summed E-state index contributed by atoms with van der Waals surface area (Å²) in [5, 5.41) is 0. The van der Waals surface area contributed by atoms with Crippen molar-refractivity contribution in [1.82, 2.24) is 4.90 Å². The molecular formula is C21H27N3O5S. The average Bonchev–Trinajstić information content (AvgIpc) is 2.76. The zero-order chi connectivity index (χ0) is 21.7. The van der Waals surface area contributed by atoms with Gasteiger partial charge in [0.2, 0.25) is 15.9 Å². The molecule has 162 valence electrons. The van der Waals surface area contributed by atoms with E-state index in [1.54, 1.807) is 36.3 Å². The number of nitrogens with zero attached hydrogens (tertiary/aromatic N) is 3. The number of piperazine rings is 1. The first kappa shape index (κ1) is 21.8. The molecule has 0 aromatic heterocycles. The molecule has 1 fully saturated rings. The molecule has 1 amide bonds. The maximum atomic E-state index is 12.9. The molecule has 0 N–H and O–H groups in total. The Morgan fingerprint density at radius 2 is 1.50 bits per heavy atom. The quantitative estimate of drug-likeness (QED) is 0.663. The number of amides is 1. The first-order chi connectivity index (χ1) is 14.3. The molecule has 1 aliphatic rings. The van der Waals surface area contributed by atoms with E-state index in [-0.39, 0.29) is 12.5 Å². The van der Waals surface area contributed by atoms with Crippen LogP contribution < -0.4 is 18.7 Å². The second-order valence-corrected chi connectivity index (χ2v) is 8.89. The fourth-order valence-corrected chi connectivity index (χ4v) is 4.38. The maximum Gasteiger partial charge on any atom is 0.243 e. The average molecular weight is 434 g/mol. The van der Waals surface area contributed by atoms with Crippen LogP contribution in [0.4, 0.5) is 11.4 Å². The van der Waals surface area contributed by atoms with Crippen molar-refractivity contribution >= 4 is 27.3 Å². The number of ether oxygens (including phenoxy) is 2. The Labute approximate surface area is 177 Å². The van der Waals surface area contributed by atoms with Gasteiger partial charge in [0, 0.05) is 26.2 Å². The van der Waals surface area contributed by atoms with Crippen LogP contribution in [0.1, 0.15) is 0 Å². The normalized spacial score (nSPS) is 14.4. The Balaban J connectivity index is 1.71. The zero-order valence-corrected chi connectivity index (χ0v) is 18.3. The first-order valence-electron chi connectivity index (χ1n) is 9.61. The van der Waals surface area contributed by atoms with Gasteiger partial charge in [-0.05, 0) is 24.3 Å². The Morgan fingerprint density at radius 1 is 0.933 bits per heavy atom. The van der Waals surface area contributed by atoms with E-state index in [1.165, 1.54) is 7.11 Å². The fourth-order valence-electron chi connectivity index (χ4n) is 3.53. The van der Waals surface area contributed by atoms with E-state index in [4.69, 9.17) is 9.47 Å². The van der Waals surface area contributed by atoms with Gasteiger partial charge in [-0.1, -0.05) is 24.3 Å². The van der Waals surface area contributed by atoms with Crippen molar-refractivity contribution in [2.45, 2.75) is 0 Å². The SMILES string of the molecule is COc1ccccc1N1CCN(C(=O)CN(c2ccccc2OC)S(C)(=O)=O)CC1. The molecule has 30 heavy (non-hydrogen) atoms. The molecule has 1 aliphatic heterocycles. The lowest BCUT2D eigenvalue weighted by atomic mass is 10.2. The zero-order valence-electron chi connectivity index (χ0n) is 17.4. The number of carbonyl (C=O) groups is 1. The van der Waals surface area contributed by atoms with Crippen molar-refractivity contribution in [2.75, 3.05) is 62.4 Å². The third-order valence-corrected chi connectivity index (χ3v) is 6.22. The molecule has 0 spiro atoms. The Morgan fingerprint density at radius 3 is 2.10 bits per heavy atom. The van der Waals surface area contributed by atoms with E-state index >= 15 is 0 Å². The second kappa shape index (κ2) is 9.25. The monoisotopic (exact) mass is 433 g/mol. The number of para-hydroxylation sites is 4. The van der Waals surface area contributed by atoms with Crippen molar-refractivity contribution in [3.8, 4) is 11.5 Å². The van der Waals surface area contributed by atoms with Crippen molar-refractivity contribution in [3.05, 3.63) is 48.5 Å². The third-order valence-electron chi connectivity index (χ3n) is 5.09. The molecule has 0 aliphatic carbocycles. The maximum absolute atomic E-state index is 12.9. The van der Waals surface area contributed by atoms with Crippen molar-refractivity contribution in [2.24, 2.45) is 0 Å². The lowest BCUT2D eigenvalue weighted by molar-refractivity contribution is -0.129. The minimum atomic E-state index is -3.67. The van der Waals surface area contributed by atoms with Crippen LogP contribution in [0.2, 0.25) is 0 Å². The number of benzene rings is 2. The molecule has 3 rings (SSSR count). The van der Waals surface area contributed by atoms with Gasteiger partial charge in [0.25, 0.3) is 0 Å². The molecule has 0 bridgehead atoms. The van der Waals surface area contributed by atoms with Crippen LogP contribution in [-0.2, 0) is 14.8 Å². The lowest BCUT2D eigenvalue weighted by Crippen LogP contribution is -2.52. The highest BCUT2D eigenvalue weighted by Gasteiger charge is 2.28. The summed E-state index contributed by atoms with van der Waals surface area (Å²) in [6.45, 7) is 2.01. The number of hydrogen-bond acceptors (Lipinski definition) is 6. The minimum Gasteiger partial charge on any atom is -0.495 e. The second-order valence-electron chi connectivity index (χ2n) is 6.98. The van der Waals surface area contributed by atoms with Crippen LogP contribution in [0.5, 0.6) is 11.5 Å². The van der Waals surface area contributed by atoms with Gasteiger partial charge in [0.05, 0.1) is 31.9 Å². The number of hydrogen-bond donors (Lipinski definition) is 0. The summed E-state index contributed by atoms with van der Waals surface area (Å²) in [4.78, 5) is 16.8. The highest BCUT2D eigenvalue weighted by molar-refractivity contribution is 7.92. The van der Waals surface area contributed by atoms with E-state index in [0.29, 0.717) is 37.6 Å². The molecule has 0 saturated carbocycles. The van der Waals surface area contributed by atoms with Gasteiger partial charge in [0.1, 0.15) is 18.0 Å². The molecule has 1 heterocycles. The minimum absolute atomic E-state index is 0.244. The van der Waals surface area contributed by atoms with E-state index < -0.39 is 10.0 Å². The van der Waals surface area contributed by atoms with Crippen LogP contribution in [0, 0.1) is 0 Å². The predicted molar refractivity (Wildman–Crippen MR) is 117 cm³/mol. The number of carbonyl (C=O) groups excluding carboxylic acids is 1. The molecule has 2 aromatic rings. The van der Waals surface area contributed by atoms with Gasteiger partial charge in [0.15, 0.2) is 0 Å². The predicted octanol–water partition coefficient (Wildman–Crippen LogP) is 1.82. The van der Waals surface area contributed by atoms with Crippen LogP contribution in [0.3, 0.4) is 0 Å². The van der Waals surface area contributed by atoms with Crippen LogP contribution in [-0.4, -0.2) is 72.4 Å². The Hall–Kier alpha value is -2.94. The topological polar surface area (TPSA) is 79.4 Å². The third kappa shape index (κ3) is 4.79. The van der Waals surface area contributed by atoms with Gasteiger partial charge in [-0.25, -0.2) is 8.42 Å². The molecule has 8 nitrogen and oxygen atoms in total. The van der Waals surface area contributed by atoms with Gasteiger partial charge < -0.3 is 19.3 Å². The van der Waals surface area contributed by atoms with Gasteiger partial charge in [-0.15, -0.1) is 0 Å². The molecule has 2 aromatic carbocycles. The number of rotatable bonds is 7. The standard InChI is InChI=1S/C21H27N3O5S/c1-28-19-10-6-4-8-17(19)22-12-14-23(15-13-22)21(25)16-24(30(3,26)27)18-9-5-7-11-20(18)29-2/h4-11H,12-16H2,1-3H3. The van der Waals surface area contributed by atoms with E-state index in [2.05, 4.69) is 4.90 Å². The smallest absolute Gasteiger partial charge is 0.243 e. The Kier molecular flexibility index (Phi) is 6.71.